The Morgan fingerprint density at radius 2 is 2.21 bits per heavy atom. The largest absolute Gasteiger partial charge is 0.492 e. The maximum absolute atomic E-state index is 11.6. The molecule has 0 radical (unpaired) electrons. The third-order valence-corrected chi connectivity index (χ3v) is 2.66. The Balaban J connectivity index is 0.00000324. The molecule has 0 aliphatic rings. The Labute approximate surface area is 125 Å². The fourth-order valence-electron chi connectivity index (χ4n) is 1.47. The number of nitrogens with one attached hydrogen (secondary N) is 2. The van der Waals surface area contributed by atoms with Crippen LogP contribution in [0.25, 0.3) is 0 Å². The standard InChI is InChI=1S/C13H19ClN2O2.ClH/c1-10(9-15-2)13(17)16-6-7-18-12-5-3-4-11(14)8-12;/h3-5,8,10,15H,6-7,9H2,1-2H3,(H,16,17);1H. The van der Waals surface area contributed by atoms with Crippen molar-refractivity contribution in [3.8, 4) is 5.75 Å². The van der Waals surface area contributed by atoms with Gasteiger partial charge in [0.2, 0.25) is 5.91 Å². The summed E-state index contributed by atoms with van der Waals surface area (Å²) in [5.74, 6) is 0.695. The van der Waals surface area contributed by atoms with Gasteiger partial charge >= 0.3 is 0 Å². The lowest BCUT2D eigenvalue weighted by atomic mass is 10.1. The molecule has 6 heteroatoms. The molecule has 108 valence electrons. The molecule has 1 unspecified atom stereocenters. The normalized spacial score (nSPS) is 11.3. The second-order valence-corrected chi connectivity index (χ2v) is 4.49. The zero-order valence-electron chi connectivity index (χ0n) is 11.1. The molecule has 0 spiro atoms. The van der Waals surface area contributed by atoms with Crippen LogP contribution in [0, 0.1) is 5.92 Å². The van der Waals surface area contributed by atoms with Gasteiger partial charge in [0.05, 0.1) is 6.54 Å². The second kappa shape index (κ2) is 9.89. The van der Waals surface area contributed by atoms with Crippen LogP contribution in [0.2, 0.25) is 5.02 Å². The molecule has 4 nitrogen and oxygen atoms in total. The summed E-state index contributed by atoms with van der Waals surface area (Å²) < 4.78 is 5.46. The maximum atomic E-state index is 11.6. The number of ether oxygens (including phenoxy) is 1. The summed E-state index contributed by atoms with van der Waals surface area (Å²) in [6, 6.07) is 7.19. The zero-order chi connectivity index (χ0) is 13.4. The van der Waals surface area contributed by atoms with Gasteiger partial charge in [0.15, 0.2) is 0 Å². The van der Waals surface area contributed by atoms with Gasteiger partial charge < -0.3 is 15.4 Å². The third kappa shape index (κ3) is 7.25. The second-order valence-electron chi connectivity index (χ2n) is 4.06. The summed E-state index contributed by atoms with van der Waals surface area (Å²) in [5.41, 5.74) is 0. The van der Waals surface area contributed by atoms with E-state index in [1.165, 1.54) is 0 Å². The van der Waals surface area contributed by atoms with Gasteiger partial charge in [0.1, 0.15) is 12.4 Å². The first-order chi connectivity index (χ1) is 8.63. The molecule has 1 aromatic carbocycles. The molecule has 0 aromatic heterocycles. The number of halogens is 2. The average Bonchev–Trinajstić information content (AvgIpc) is 2.35. The van der Waals surface area contributed by atoms with Crippen molar-refractivity contribution >= 4 is 29.9 Å². The highest BCUT2D eigenvalue weighted by Gasteiger charge is 2.10. The molecule has 1 amide bonds. The highest BCUT2D eigenvalue weighted by molar-refractivity contribution is 6.30. The number of carbonyl (C=O) groups is 1. The van der Waals surface area contributed by atoms with Crippen LogP contribution in [0.15, 0.2) is 24.3 Å². The van der Waals surface area contributed by atoms with Gasteiger partial charge in [-0.1, -0.05) is 24.6 Å². The summed E-state index contributed by atoms with van der Waals surface area (Å²) in [7, 11) is 1.83. The van der Waals surface area contributed by atoms with Crippen molar-refractivity contribution in [3.05, 3.63) is 29.3 Å². The van der Waals surface area contributed by atoms with E-state index < -0.39 is 0 Å². The minimum absolute atomic E-state index is 0. The van der Waals surface area contributed by atoms with Crippen molar-refractivity contribution < 1.29 is 9.53 Å². The fraction of sp³-hybridized carbons (Fsp3) is 0.462. The van der Waals surface area contributed by atoms with Crippen molar-refractivity contribution in [1.82, 2.24) is 10.6 Å². The summed E-state index contributed by atoms with van der Waals surface area (Å²) >= 11 is 5.83. The van der Waals surface area contributed by atoms with Crippen LogP contribution in [-0.4, -0.2) is 32.7 Å². The van der Waals surface area contributed by atoms with E-state index in [2.05, 4.69) is 10.6 Å². The number of amides is 1. The minimum atomic E-state index is -0.0406. The Hall–Kier alpha value is -0.970. The van der Waals surface area contributed by atoms with Crippen molar-refractivity contribution in [2.45, 2.75) is 6.92 Å². The Bertz CT molecular complexity index is 389. The highest BCUT2D eigenvalue weighted by atomic mass is 35.5. The SMILES string of the molecule is CNCC(C)C(=O)NCCOc1cccc(Cl)c1.Cl. The van der Waals surface area contributed by atoms with Crippen LogP contribution in [0.1, 0.15) is 6.92 Å². The van der Waals surface area contributed by atoms with Crippen LogP contribution in [0.3, 0.4) is 0 Å². The van der Waals surface area contributed by atoms with Crippen LogP contribution >= 0.6 is 24.0 Å². The molecule has 0 aliphatic carbocycles. The molecular weight excluding hydrogens is 287 g/mol. The van der Waals surface area contributed by atoms with Crippen LogP contribution in [0.5, 0.6) is 5.75 Å². The topological polar surface area (TPSA) is 50.4 Å². The van der Waals surface area contributed by atoms with E-state index in [9.17, 15) is 4.79 Å². The van der Waals surface area contributed by atoms with E-state index in [0.29, 0.717) is 30.5 Å². The number of hydrogen-bond donors (Lipinski definition) is 2. The van der Waals surface area contributed by atoms with E-state index in [0.717, 1.165) is 0 Å². The van der Waals surface area contributed by atoms with E-state index in [4.69, 9.17) is 16.3 Å². The van der Waals surface area contributed by atoms with Gasteiger partial charge in [0, 0.05) is 17.5 Å². The van der Waals surface area contributed by atoms with Gasteiger partial charge in [-0.15, -0.1) is 12.4 Å². The monoisotopic (exact) mass is 306 g/mol. The first kappa shape index (κ1) is 18.0. The molecule has 2 N–H and O–H groups in total. The highest BCUT2D eigenvalue weighted by Crippen LogP contribution is 2.16. The molecule has 19 heavy (non-hydrogen) atoms. The van der Waals surface area contributed by atoms with E-state index in [-0.39, 0.29) is 24.2 Å². The quantitative estimate of drug-likeness (QED) is 0.759. The first-order valence-electron chi connectivity index (χ1n) is 5.94. The van der Waals surface area contributed by atoms with Gasteiger partial charge in [-0.25, -0.2) is 0 Å². The molecule has 0 saturated carbocycles. The van der Waals surface area contributed by atoms with Crippen LogP contribution in [0.4, 0.5) is 0 Å². The molecule has 1 atom stereocenters. The average molecular weight is 307 g/mol. The van der Waals surface area contributed by atoms with Gasteiger partial charge in [-0.3, -0.25) is 4.79 Å². The number of benzene rings is 1. The Morgan fingerprint density at radius 1 is 1.47 bits per heavy atom. The molecular formula is C13H20Cl2N2O2. The molecule has 1 aromatic rings. The maximum Gasteiger partial charge on any atom is 0.224 e. The molecule has 1 rings (SSSR count). The summed E-state index contributed by atoms with van der Waals surface area (Å²) in [4.78, 5) is 11.6. The minimum Gasteiger partial charge on any atom is -0.492 e. The molecule has 0 fully saturated rings. The zero-order valence-corrected chi connectivity index (χ0v) is 12.7. The van der Waals surface area contributed by atoms with Gasteiger partial charge in [0.25, 0.3) is 0 Å². The summed E-state index contributed by atoms with van der Waals surface area (Å²) in [6.45, 7) is 3.46. The lowest BCUT2D eigenvalue weighted by molar-refractivity contribution is -0.124. The van der Waals surface area contributed by atoms with Gasteiger partial charge in [-0.2, -0.15) is 0 Å². The fourth-order valence-corrected chi connectivity index (χ4v) is 1.65. The number of rotatable bonds is 7. The first-order valence-corrected chi connectivity index (χ1v) is 6.32. The molecule has 0 saturated heterocycles. The molecule has 0 bridgehead atoms. The predicted molar refractivity (Wildman–Crippen MR) is 80.3 cm³/mol. The van der Waals surface area contributed by atoms with Crippen LogP contribution in [-0.2, 0) is 4.79 Å². The van der Waals surface area contributed by atoms with Crippen molar-refractivity contribution in [2.75, 3.05) is 26.7 Å². The van der Waals surface area contributed by atoms with Crippen LogP contribution < -0.4 is 15.4 Å². The Morgan fingerprint density at radius 3 is 2.84 bits per heavy atom. The Kier molecular flexibility index (Phi) is 9.39. The number of hydrogen-bond acceptors (Lipinski definition) is 3. The molecule has 0 aliphatic heterocycles. The lowest BCUT2D eigenvalue weighted by Crippen LogP contribution is -2.36. The lowest BCUT2D eigenvalue weighted by Gasteiger charge is -2.12. The van der Waals surface area contributed by atoms with Crippen molar-refractivity contribution in [1.29, 1.82) is 0 Å². The van der Waals surface area contributed by atoms with Crippen molar-refractivity contribution in [2.24, 2.45) is 5.92 Å². The van der Waals surface area contributed by atoms with Gasteiger partial charge in [-0.05, 0) is 25.2 Å². The van der Waals surface area contributed by atoms with E-state index in [1.54, 1.807) is 12.1 Å². The predicted octanol–water partition coefficient (Wildman–Crippen LogP) is 2.11. The summed E-state index contributed by atoms with van der Waals surface area (Å²) in [5, 5.41) is 6.42. The molecule has 0 heterocycles. The third-order valence-electron chi connectivity index (χ3n) is 2.42. The number of carbonyl (C=O) groups excluding carboxylic acids is 1. The van der Waals surface area contributed by atoms with E-state index >= 15 is 0 Å². The van der Waals surface area contributed by atoms with Crippen molar-refractivity contribution in [3.63, 3.8) is 0 Å². The summed E-state index contributed by atoms with van der Waals surface area (Å²) in [6.07, 6.45) is 0. The van der Waals surface area contributed by atoms with E-state index in [1.807, 2.05) is 26.1 Å². The smallest absolute Gasteiger partial charge is 0.224 e.